The van der Waals surface area contributed by atoms with E-state index >= 15 is 0 Å². The Bertz CT molecular complexity index is 663. The van der Waals surface area contributed by atoms with Gasteiger partial charge in [-0.2, -0.15) is 0 Å². The van der Waals surface area contributed by atoms with E-state index < -0.39 is 6.10 Å². The Morgan fingerprint density at radius 2 is 2.15 bits per heavy atom. The van der Waals surface area contributed by atoms with Crippen LogP contribution in [-0.2, 0) is 9.53 Å². The zero-order chi connectivity index (χ0) is 14.5. The smallest absolute Gasteiger partial charge is 0.306 e. The number of aromatic nitrogens is 2. The first kappa shape index (κ1) is 14.2. The average molecular weight is 274 g/mol. The van der Waals surface area contributed by atoms with Crippen LogP contribution in [0, 0.1) is 0 Å². The van der Waals surface area contributed by atoms with Gasteiger partial charge in [0.2, 0.25) is 0 Å². The van der Waals surface area contributed by atoms with E-state index in [1.165, 1.54) is 0 Å². The molecule has 2 aromatic rings. The monoisotopic (exact) mass is 274 g/mol. The Morgan fingerprint density at radius 3 is 2.90 bits per heavy atom. The van der Waals surface area contributed by atoms with Gasteiger partial charge in [0.25, 0.3) is 5.56 Å². The van der Waals surface area contributed by atoms with Crippen LogP contribution in [0.15, 0.2) is 29.1 Å². The van der Waals surface area contributed by atoms with Crippen LogP contribution < -0.4 is 5.56 Å². The highest BCUT2D eigenvalue weighted by Crippen LogP contribution is 2.15. The van der Waals surface area contributed by atoms with Crippen LogP contribution in [0.4, 0.5) is 0 Å². The number of carbonyl (C=O) groups is 1. The maximum Gasteiger partial charge on any atom is 0.306 e. The molecule has 0 aliphatic heterocycles. The van der Waals surface area contributed by atoms with E-state index in [4.69, 9.17) is 4.74 Å². The predicted octanol–water partition coefficient (Wildman–Crippen LogP) is 2.72. The topological polar surface area (TPSA) is 72.0 Å². The quantitative estimate of drug-likeness (QED) is 0.851. The molecule has 20 heavy (non-hydrogen) atoms. The summed E-state index contributed by atoms with van der Waals surface area (Å²) in [4.78, 5) is 30.5. The SMILES string of the molecule is CCCCC(=O)O[C@@H](C)c1nc2ccccc2c(=O)[nH]1. The summed E-state index contributed by atoms with van der Waals surface area (Å²) in [7, 11) is 0. The number of para-hydroxylation sites is 1. The fourth-order valence-electron chi connectivity index (χ4n) is 1.93. The third-order valence-corrected chi connectivity index (χ3v) is 3.06. The van der Waals surface area contributed by atoms with Gasteiger partial charge in [0.05, 0.1) is 10.9 Å². The normalized spacial score (nSPS) is 12.3. The van der Waals surface area contributed by atoms with Gasteiger partial charge in [0.15, 0.2) is 11.9 Å². The maximum absolute atomic E-state index is 11.9. The molecule has 0 saturated carbocycles. The van der Waals surface area contributed by atoms with Crippen LogP contribution in [0.1, 0.15) is 45.0 Å². The van der Waals surface area contributed by atoms with Gasteiger partial charge in [-0.25, -0.2) is 4.98 Å². The number of aromatic amines is 1. The van der Waals surface area contributed by atoms with Crippen LogP contribution in [-0.4, -0.2) is 15.9 Å². The van der Waals surface area contributed by atoms with Gasteiger partial charge in [0, 0.05) is 6.42 Å². The largest absolute Gasteiger partial charge is 0.454 e. The molecule has 1 aromatic carbocycles. The summed E-state index contributed by atoms with van der Waals surface area (Å²) in [6.07, 6.45) is 1.57. The number of benzene rings is 1. The van der Waals surface area contributed by atoms with Gasteiger partial charge < -0.3 is 9.72 Å². The number of ether oxygens (including phenoxy) is 1. The number of nitrogens with zero attached hydrogens (tertiary/aromatic N) is 1. The van der Waals surface area contributed by atoms with Gasteiger partial charge in [0.1, 0.15) is 0 Å². The molecule has 5 nitrogen and oxygen atoms in total. The zero-order valence-corrected chi connectivity index (χ0v) is 11.7. The Balaban J connectivity index is 2.20. The lowest BCUT2D eigenvalue weighted by Crippen LogP contribution is -2.17. The van der Waals surface area contributed by atoms with Crippen LogP contribution in [0.3, 0.4) is 0 Å². The molecule has 0 aliphatic rings. The standard InChI is InChI=1S/C15H18N2O3/c1-3-4-9-13(18)20-10(2)14-16-12-8-6-5-7-11(12)15(19)17-14/h5-8,10H,3-4,9H2,1-2H3,(H,16,17,19)/t10-/m0/s1. The molecule has 0 aliphatic carbocycles. The molecule has 1 aromatic heterocycles. The molecule has 5 heteroatoms. The summed E-state index contributed by atoms with van der Waals surface area (Å²) < 4.78 is 5.27. The van der Waals surface area contributed by atoms with Crippen molar-refractivity contribution in [3.8, 4) is 0 Å². The van der Waals surface area contributed by atoms with Crippen molar-refractivity contribution in [1.82, 2.24) is 9.97 Å². The molecule has 1 atom stereocenters. The lowest BCUT2D eigenvalue weighted by atomic mass is 10.2. The van der Waals surface area contributed by atoms with Crippen LogP contribution in [0.2, 0.25) is 0 Å². The molecule has 0 saturated heterocycles. The third-order valence-electron chi connectivity index (χ3n) is 3.06. The summed E-state index contributed by atoms with van der Waals surface area (Å²) in [6, 6.07) is 7.08. The van der Waals surface area contributed by atoms with Crippen molar-refractivity contribution in [1.29, 1.82) is 0 Å². The number of carbonyl (C=O) groups excluding carboxylic acids is 1. The summed E-state index contributed by atoms with van der Waals surface area (Å²) in [5, 5.41) is 0.528. The van der Waals surface area contributed by atoms with E-state index in [-0.39, 0.29) is 11.5 Å². The molecule has 0 unspecified atom stereocenters. The van der Waals surface area contributed by atoms with Crippen molar-refractivity contribution >= 4 is 16.9 Å². The zero-order valence-electron chi connectivity index (χ0n) is 11.7. The van der Waals surface area contributed by atoms with E-state index in [9.17, 15) is 9.59 Å². The van der Waals surface area contributed by atoms with Gasteiger partial charge in [-0.15, -0.1) is 0 Å². The third kappa shape index (κ3) is 3.23. The van der Waals surface area contributed by atoms with Gasteiger partial charge in [-0.3, -0.25) is 9.59 Å². The Hall–Kier alpha value is -2.17. The Kier molecular flexibility index (Phi) is 4.50. The number of H-pyrrole nitrogens is 1. The minimum absolute atomic E-state index is 0.220. The summed E-state index contributed by atoms with van der Waals surface area (Å²) >= 11 is 0. The fourth-order valence-corrected chi connectivity index (χ4v) is 1.93. The summed E-state index contributed by atoms with van der Waals surface area (Å²) in [5.74, 6) is 0.105. The van der Waals surface area contributed by atoms with Crippen LogP contribution in [0.25, 0.3) is 10.9 Å². The van der Waals surface area contributed by atoms with Crippen molar-refractivity contribution in [2.24, 2.45) is 0 Å². The summed E-state index contributed by atoms with van der Waals surface area (Å²) in [6.45, 7) is 3.72. The number of fused-ring (bicyclic) bond motifs is 1. The molecule has 0 bridgehead atoms. The molecule has 106 valence electrons. The lowest BCUT2D eigenvalue weighted by molar-refractivity contribution is -0.149. The van der Waals surface area contributed by atoms with Crippen molar-refractivity contribution < 1.29 is 9.53 Å². The number of hydrogen-bond acceptors (Lipinski definition) is 4. The summed E-state index contributed by atoms with van der Waals surface area (Å²) in [5.41, 5.74) is 0.379. The number of unbranched alkanes of at least 4 members (excludes halogenated alkanes) is 1. The number of esters is 1. The van der Waals surface area contributed by atoms with E-state index in [0.29, 0.717) is 23.1 Å². The second kappa shape index (κ2) is 6.32. The number of hydrogen-bond donors (Lipinski definition) is 1. The van der Waals surface area contributed by atoms with Gasteiger partial charge in [-0.05, 0) is 25.5 Å². The first-order valence-electron chi connectivity index (χ1n) is 6.80. The first-order chi connectivity index (χ1) is 9.61. The second-order valence-electron chi connectivity index (χ2n) is 4.70. The predicted molar refractivity (Wildman–Crippen MR) is 76.4 cm³/mol. The van der Waals surface area contributed by atoms with Gasteiger partial charge in [-0.1, -0.05) is 25.5 Å². The minimum Gasteiger partial charge on any atom is -0.454 e. The minimum atomic E-state index is -0.559. The molecule has 0 amide bonds. The van der Waals surface area contributed by atoms with Crippen molar-refractivity contribution in [3.63, 3.8) is 0 Å². The molecular formula is C15H18N2O3. The maximum atomic E-state index is 11.9. The number of nitrogens with one attached hydrogen (secondary N) is 1. The molecule has 1 N–H and O–H groups in total. The average Bonchev–Trinajstić information content (AvgIpc) is 2.45. The van der Waals surface area contributed by atoms with Crippen LogP contribution >= 0.6 is 0 Å². The molecule has 0 radical (unpaired) electrons. The molecule has 0 fully saturated rings. The van der Waals surface area contributed by atoms with Gasteiger partial charge >= 0.3 is 5.97 Å². The molecule has 2 rings (SSSR count). The van der Waals surface area contributed by atoms with Crippen molar-refractivity contribution in [2.75, 3.05) is 0 Å². The van der Waals surface area contributed by atoms with Crippen LogP contribution in [0.5, 0.6) is 0 Å². The Morgan fingerprint density at radius 1 is 1.40 bits per heavy atom. The van der Waals surface area contributed by atoms with Crippen molar-refractivity contribution in [3.05, 3.63) is 40.4 Å². The van der Waals surface area contributed by atoms with E-state index in [1.54, 1.807) is 25.1 Å². The molecular weight excluding hydrogens is 256 g/mol. The van der Waals surface area contributed by atoms with E-state index in [2.05, 4.69) is 9.97 Å². The van der Waals surface area contributed by atoms with E-state index in [1.807, 2.05) is 13.0 Å². The number of rotatable bonds is 5. The highest BCUT2D eigenvalue weighted by Gasteiger charge is 2.15. The van der Waals surface area contributed by atoms with Crippen molar-refractivity contribution in [2.45, 2.75) is 39.2 Å². The fraction of sp³-hybridized carbons (Fsp3) is 0.400. The first-order valence-corrected chi connectivity index (χ1v) is 6.80. The highest BCUT2D eigenvalue weighted by atomic mass is 16.5. The second-order valence-corrected chi connectivity index (χ2v) is 4.70. The molecule has 0 spiro atoms. The highest BCUT2D eigenvalue weighted by molar-refractivity contribution is 5.77. The molecule has 1 heterocycles. The Labute approximate surface area is 117 Å². The lowest BCUT2D eigenvalue weighted by Gasteiger charge is -2.12. The van der Waals surface area contributed by atoms with E-state index in [0.717, 1.165) is 12.8 Å².